The van der Waals surface area contributed by atoms with E-state index in [0.717, 1.165) is 5.69 Å². The summed E-state index contributed by atoms with van der Waals surface area (Å²) in [6.45, 7) is 3.56. The molecule has 9 nitrogen and oxygen atoms in total. The summed E-state index contributed by atoms with van der Waals surface area (Å²) in [6.07, 6.45) is -0.0184. The minimum Gasteiger partial charge on any atom is -0.486 e. The van der Waals surface area contributed by atoms with Crippen molar-refractivity contribution in [2.24, 2.45) is 4.99 Å². The van der Waals surface area contributed by atoms with Crippen LogP contribution in [0.1, 0.15) is 6.42 Å². The number of halogens is 1. The Balaban J connectivity index is 1.23. The zero-order valence-electron chi connectivity index (χ0n) is 17.9. The molecular weight excluding hydrogens is 429 g/mol. The Morgan fingerprint density at radius 3 is 2.45 bits per heavy atom. The highest BCUT2D eigenvalue weighted by Gasteiger charge is 2.31. The van der Waals surface area contributed by atoms with Crippen molar-refractivity contribution < 1.29 is 23.5 Å². The number of carbonyl (C=O) groups is 2. The molecule has 2 N–H and O–H groups in total. The third kappa shape index (κ3) is 4.69. The van der Waals surface area contributed by atoms with Gasteiger partial charge < -0.3 is 24.6 Å². The van der Waals surface area contributed by atoms with Gasteiger partial charge in [-0.25, -0.2) is 9.38 Å². The molecule has 0 bridgehead atoms. The van der Waals surface area contributed by atoms with Crippen molar-refractivity contribution in [3.63, 3.8) is 0 Å². The zero-order valence-corrected chi connectivity index (χ0v) is 17.9. The molecule has 0 saturated carbocycles. The summed E-state index contributed by atoms with van der Waals surface area (Å²) in [5, 5.41) is 5.61. The highest BCUT2D eigenvalue weighted by Crippen LogP contribution is 2.32. The first kappa shape index (κ1) is 21.0. The second-order valence-electron chi connectivity index (χ2n) is 8.02. The second kappa shape index (κ2) is 8.97. The van der Waals surface area contributed by atoms with Crippen LogP contribution in [0.5, 0.6) is 11.5 Å². The summed E-state index contributed by atoms with van der Waals surface area (Å²) in [5.74, 6) is 0.747. The average Bonchev–Trinajstić information content (AvgIpc) is 2.84. The average molecular weight is 453 g/mol. The molecule has 2 aromatic carbocycles. The third-order valence-corrected chi connectivity index (χ3v) is 5.79. The van der Waals surface area contributed by atoms with Gasteiger partial charge in [0.25, 0.3) is 0 Å². The van der Waals surface area contributed by atoms with Gasteiger partial charge >= 0.3 is 0 Å². The fourth-order valence-corrected chi connectivity index (χ4v) is 4.06. The van der Waals surface area contributed by atoms with Crippen LogP contribution in [0.25, 0.3) is 0 Å². The van der Waals surface area contributed by atoms with E-state index < -0.39 is 6.04 Å². The van der Waals surface area contributed by atoms with Crippen molar-refractivity contribution in [3.05, 3.63) is 48.3 Å². The largest absolute Gasteiger partial charge is 0.486 e. The normalized spacial score (nSPS) is 20.1. The van der Waals surface area contributed by atoms with E-state index >= 15 is 0 Å². The third-order valence-electron chi connectivity index (χ3n) is 5.79. The van der Waals surface area contributed by atoms with Crippen molar-refractivity contribution in [2.75, 3.05) is 49.6 Å². The predicted octanol–water partition coefficient (Wildman–Crippen LogP) is 1.60. The van der Waals surface area contributed by atoms with Crippen LogP contribution in [-0.2, 0) is 9.59 Å². The lowest BCUT2D eigenvalue weighted by Crippen LogP contribution is -2.56. The highest BCUT2D eigenvalue weighted by atomic mass is 19.1. The fourth-order valence-electron chi connectivity index (χ4n) is 4.06. The number of carbonyl (C=O) groups excluding carboxylic acids is 2. The van der Waals surface area contributed by atoms with E-state index in [2.05, 4.69) is 20.5 Å². The maximum atomic E-state index is 13.2. The number of nitrogens with zero attached hydrogens (tertiary/aromatic N) is 3. The first-order valence-corrected chi connectivity index (χ1v) is 10.9. The van der Waals surface area contributed by atoms with Gasteiger partial charge in [-0.3, -0.25) is 14.9 Å². The van der Waals surface area contributed by atoms with Crippen molar-refractivity contribution in [1.29, 1.82) is 0 Å². The molecule has 0 aliphatic carbocycles. The molecule has 2 amide bonds. The second-order valence-corrected chi connectivity index (χ2v) is 8.02. The Morgan fingerprint density at radius 1 is 1.00 bits per heavy atom. The van der Waals surface area contributed by atoms with Gasteiger partial charge in [0.2, 0.25) is 17.8 Å². The lowest BCUT2D eigenvalue weighted by atomic mass is 10.1. The molecule has 0 spiro atoms. The number of hydrogen-bond donors (Lipinski definition) is 2. The molecule has 5 rings (SSSR count). The quantitative estimate of drug-likeness (QED) is 0.733. The van der Waals surface area contributed by atoms with Gasteiger partial charge in [0.05, 0.1) is 6.42 Å². The number of amides is 2. The van der Waals surface area contributed by atoms with Crippen molar-refractivity contribution in [1.82, 2.24) is 10.2 Å². The maximum Gasteiger partial charge on any atom is 0.249 e. The van der Waals surface area contributed by atoms with Crippen LogP contribution < -0.4 is 25.0 Å². The lowest BCUT2D eigenvalue weighted by molar-refractivity contribution is -0.125. The van der Waals surface area contributed by atoms with Crippen molar-refractivity contribution in [2.45, 2.75) is 12.5 Å². The number of benzene rings is 2. The fraction of sp³-hybridized carbons (Fsp3) is 0.348. The van der Waals surface area contributed by atoms with Gasteiger partial charge in [0, 0.05) is 43.6 Å². The molecule has 172 valence electrons. The van der Waals surface area contributed by atoms with Gasteiger partial charge in [0.15, 0.2) is 11.5 Å². The van der Waals surface area contributed by atoms with Crippen LogP contribution in [0.2, 0.25) is 0 Å². The summed E-state index contributed by atoms with van der Waals surface area (Å²) in [5.41, 5.74) is 1.50. The summed E-state index contributed by atoms with van der Waals surface area (Å²) in [7, 11) is 0. The number of rotatable bonds is 3. The molecule has 2 aromatic rings. The van der Waals surface area contributed by atoms with Crippen LogP contribution in [0.4, 0.5) is 15.8 Å². The Kier molecular flexibility index (Phi) is 5.72. The lowest BCUT2D eigenvalue weighted by Gasteiger charge is -2.38. The molecule has 3 aliphatic rings. The number of anilines is 2. The Bertz CT molecular complexity index is 1080. The van der Waals surface area contributed by atoms with E-state index in [4.69, 9.17) is 9.47 Å². The summed E-state index contributed by atoms with van der Waals surface area (Å²) < 4.78 is 24.2. The van der Waals surface area contributed by atoms with Crippen LogP contribution >= 0.6 is 0 Å². The number of guanidine groups is 1. The number of piperazine rings is 1. The Hall–Kier alpha value is -3.82. The topological polar surface area (TPSA) is 95.5 Å². The molecule has 0 unspecified atom stereocenters. The molecule has 1 atom stereocenters. The zero-order chi connectivity index (χ0) is 22.8. The molecule has 1 fully saturated rings. The predicted molar refractivity (Wildman–Crippen MR) is 120 cm³/mol. The van der Waals surface area contributed by atoms with E-state index in [1.54, 1.807) is 30.3 Å². The van der Waals surface area contributed by atoms with Gasteiger partial charge in [-0.15, -0.1) is 0 Å². The van der Waals surface area contributed by atoms with Crippen LogP contribution in [0.3, 0.4) is 0 Å². The SMILES string of the molecule is O=C1C[C@H](C(=O)Nc2ccc3c(c2)OCCO3)N=C(N2CCN(c3ccc(F)cc3)CC2)N1. The monoisotopic (exact) mass is 453 g/mol. The maximum absolute atomic E-state index is 13.2. The van der Waals surface area contributed by atoms with E-state index in [1.807, 2.05) is 4.90 Å². The van der Waals surface area contributed by atoms with Crippen LogP contribution in [0, 0.1) is 5.82 Å². The minimum atomic E-state index is -0.822. The number of fused-ring (bicyclic) bond motifs is 1. The first-order chi connectivity index (χ1) is 16.0. The molecule has 3 aliphatic heterocycles. The molecule has 0 radical (unpaired) electrons. The van der Waals surface area contributed by atoms with E-state index in [1.165, 1.54) is 12.1 Å². The number of aliphatic imine (C=N–C) groups is 1. The minimum absolute atomic E-state index is 0.0184. The smallest absolute Gasteiger partial charge is 0.249 e. The number of hydrogen-bond acceptors (Lipinski definition) is 7. The summed E-state index contributed by atoms with van der Waals surface area (Å²) in [4.78, 5) is 33.8. The molecule has 0 aromatic heterocycles. The van der Waals surface area contributed by atoms with E-state index in [-0.39, 0.29) is 24.1 Å². The highest BCUT2D eigenvalue weighted by molar-refractivity contribution is 6.06. The molecule has 10 heteroatoms. The molecule has 1 saturated heterocycles. The van der Waals surface area contributed by atoms with Crippen LogP contribution in [0.15, 0.2) is 47.5 Å². The van der Waals surface area contributed by atoms with Gasteiger partial charge in [-0.2, -0.15) is 0 Å². The number of ether oxygens (including phenoxy) is 2. The van der Waals surface area contributed by atoms with Crippen molar-refractivity contribution in [3.8, 4) is 11.5 Å². The van der Waals surface area contributed by atoms with Gasteiger partial charge in [0.1, 0.15) is 25.1 Å². The van der Waals surface area contributed by atoms with Crippen LogP contribution in [-0.4, -0.2) is 68.1 Å². The molecule has 33 heavy (non-hydrogen) atoms. The standard InChI is InChI=1S/C23H24FN5O4/c24-15-1-4-17(5-2-15)28-7-9-29(10-8-28)23-26-18(14-21(30)27-23)22(31)25-16-3-6-19-20(13-16)33-12-11-32-19/h1-6,13,18H,7-12,14H2,(H,25,31)(H,26,27,30)/t18-/m1/s1. The van der Waals surface area contributed by atoms with E-state index in [0.29, 0.717) is 62.5 Å². The molecular formula is C23H24FN5O4. The summed E-state index contributed by atoms with van der Waals surface area (Å²) >= 11 is 0. The first-order valence-electron chi connectivity index (χ1n) is 10.9. The Morgan fingerprint density at radius 2 is 1.70 bits per heavy atom. The van der Waals surface area contributed by atoms with Crippen molar-refractivity contribution >= 4 is 29.1 Å². The van der Waals surface area contributed by atoms with Gasteiger partial charge in [-0.05, 0) is 36.4 Å². The molecule has 3 heterocycles. The Labute approximate surface area is 190 Å². The van der Waals surface area contributed by atoms with E-state index in [9.17, 15) is 14.0 Å². The number of nitrogens with one attached hydrogen (secondary N) is 2. The summed E-state index contributed by atoms with van der Waals surface area (Å²) in [6, 6.07) is 10.7. The van der Waals surface area contributed by atoms with Gasteiger partial charge in [-0.1, -0.05) is 0 Å².